The molecule has 4 rings (SSSR count). The van der Waals surface area contributed by atoms with Crippen molar-refractivity contribution >= 4 is 17.8 Å². The van der Waals surface area contributed by atoms with E-state index in [0.29, 0.717) is 5.92 Å². The molecule has 2 aromatic rings. The fraction of sp³-hybridized carbons (Fsp3) is 0.632. The lowest BCUT2D eigenvalue weighted by atomic mass is 9.82. The molecule has 0 spiro atoms. The number of rotatable bonds is 5. The van der Waals surface area contributed by atoms with E-state index >= 15 is 0 Å². The number of nitrogens with zero attached hydrogens (tertiary/aromatic N) is 4. The summed E-state index contributed by atoms with van der Waals surface area (Å²) < 4.78 is 5.57. The number of carboxylic acid groups (broad SMARTS) is 1. The van der Waals surface area contributed by atoms with Crippen molar-refractivity contribution in [3.63, 3.8) is 0 Å². The number of thiazole rings is 1. The van der Waals surface area contributed by atoms with Gasteiger partial charge < -0.3 is 9.52 Å². The molecule has 0 aromatic carbocycles. The normalized spacial score (nSPS) is 22.7. The lowest BCUT2D eigenvalue weighted by Gasteiger charge is -2.53. The molecule has 2 aliphatic heterocycles. The molecule has 0 radical (unpaired) electrons. The summed E-state index contributed by atoms with van der Waals surface area (Å²) in [5, 5.41) is 6.89. The summed E-state index contributed by atoms with van der Waals surface area (Å²) in [5.74, 6) is 2.03. The zero-order valence-electron chi connectivity index (χ0n) is 16.2. The van der Waals surface area contributed by atoms with Gasteiger partial charge in [-0.1, -0.05) is 13.8 Å². The van der Waals surface area contributed by atoms with Crippen molar-refractivity contribution < 1.29 is 14.3 Å². The van der Waals surface area contributed by atoms with E-state index in [1.807, 2.05) is 11.8 Å². The van der Waals surface area contributed by atoms with E-state index in [2.05, 4.69) is 40.5 Å². The minimum absolute atomic E-state index is 0.250. The number of oxazole rings is 1. The third-order valence-corrected chi connectivity index (χ3v) is 6.28. The second-order valence-corrected chi connectivity index (χ2v) is 8.52. The first kappa shape index (κ1) is 20.0. The van der Waals surface area contributed by atoms with E-state index in [0.717, 1.165) is 36.6 Å². The predicted octanol–water partition coefficient (Wildman–Crippen LogP) is 2.97. The first-order chi connectivity index (χ1) is 13.0. The van der Waals surface area contributed by atoms with Gasteiger partial charge in [-0.05, 0) is 19.3 Å². The highest BCUT2D eigenvalue weighted by Gasteiger charge is 2.42. The van der Waals surface area contributed by atoms with Gasteiger partial charge in [0.1, 0.15) is 6.26 Å². The van der Waals surface area contributed by atoms with Crippen LogP contribution in [-0.4, -0.2) is 57.0 Å². The average Bonchev–Trinajstić information content (AvgIpc) is 3.24. The molecule has 2 saturated heterocycles. The van der Waals surface area contributed by atoms with Crippen molar-refractivity contribution in [2.75, 3.05) is 19.6 Å². The van der Waals surface area contributed by atoms with Gasteiger partial charge in [0.05, 0.1) is 16.9 Å². The predicted molar refractivity (Wildman–Crippen MR) is 104 cm³/mol. The van der Waals surface area contributed by atoms with Crippen LogP contribution in [0.1, 0.15) is 48.3 Å². The number of likely N-dealkylation sites (tertiary alicyclic amines) is 2. The van der Waals surface area contributed by atoms with Crippen LogP contribution in [0.3, 0.4) is 0 Å². The van der Waals surface area contributed by atoms with Crippen molar-refractivity contribution in [1.82, 2.24) is 19.8 Å². The van der Waals surface area contributed by atoms with Gasteiger partial charge in [-0.15, -0.1) is 11.3 Å². The Labute approximate surface area is 164 Å². The van der Waals surface area contributed by atoms with E-state index in [4.69, 9.17) is 14.3 Å². The molecule has 0 bridgehead atoms. The zero-order valence-corrected chi connectivity index (χ0v) is 17.0. The molecular formula is C19H28N4O3S. The van der Waals surface area contributed by atoms with Crippen molar-refractivity contribution in [2.45, 2.75) is 52.2 Å². The summed E-state index contributed by atoms with van der Waals surface area (Å²) in [6.45, 7) is 11.7. The quantitative estimate of drug-likeness (QED) is 0.783. The molecule has 2 atom stereocenters. The summed E-state index contributed by atoms with van der Waals surface area (Å²) in [6, 6.07) is 0.725. The van der Waals surface area contributed by atoms with Gasteiger partial charge >= 0.3 is 0 Å². The smallest absolute Gasteiger partial charge is 0.290 e. The fourth-order valence-electron chi connectivity index (χ4n) is 3.93. The van der Waals surface area contributed by atoms with Crippen LogP contribution in [0.4, 0.5) is 0 Å². The Bertz CT molecular complexity index is 745. The van der Waals surface area contributed by atoms with Crippen LogP contribution in [0.5, 0.6) is 0 Å². The lowest BCUT2D eigenvalue weighted by molar-refractivity contribution is -0.122. The first-order valence-corrected chi connectivity index (χ1v) is 10.3. The number of hydrogen-bond acceptors (Lipinski definition) is 7. The van der Waals surface area contributed by atoms with E-state index in [9.17, 15) is 0 Å². The molecule has 4 heterocycles. The van der Waals surface area contributed by atoms with Crippen LogP contribution in [0, 0.1) is 12.8 Å². The molecule has 2 aliphatic rings. The molecule has 0 aliphatic carbocycles. The first-order valence-electron chi connectivity index (χ1n) is 9.39. The number of piperidine rings is 1. The molecule has 2 aromatic heterocycles. The van der Waals surface area contributed by atoms with Gasteiger partial charge in [0.25, 0.3) is 6.47 Å². The Morgan fingerprint density at radius 1 is 1.41 bits per heavy atom. The molecule has 0 unspecified atom stereocenters. The van der Waals surface area contributed by atoms with Crippen molar-refractivity contribution in [3.8, 4) is 0 Å². The standard InChI is InChI=1S/C18H26N4OS.CH2O2/c1-12(2)18-20-15(10-23-18)8-22-7-14-6-21(5-4-16(14)22)9-17-13(3)19-11-24-17;2-1-3/h10-12,14,16H,4-9H2,1-3H3;1H,(H,2,3)/t14-,16-;/m0./s1. The number of aromatic nitrogens is 2. The summed E-state index contributed by atoms with van der Waals surface area (Å²) in [7, 11) is 0. The number of aryl methyl sites for hydroxylation is 1. The molecule has 8 heteroatoms. The molecular weight excluding hydrogens is 364 g/mol. The minimum Gasteiger partial charge on any atom is -0.483 e. The summed E-state index contributed by atoms with van der Waals surface area (Å²) in [5.41, 5.74) is 4.25. The zero-order chi connectivity index (χ0) is 19.4. The second-order valence-electron chi connectivity index (χ2n) is 7.58. The third-order valence-electron chi connectivity index (χ3n) is 5.36. The Morgan fingerprint density at radius 3 is 2.78 bits per heavy atom. The van der Waals surface area contributed by atoms with Crippen LogP contribution < -0.4 is 0 Å². The highest BCUT2D eigenvalue weighted by Crippen LogP contribution is 2.34. The number of fused-ring (bicyclic) bond motifs is 1. The van der Waals surface area contributed by atoms with E-state index in [-0.39, 0.29) is 6.47 Å². The Morgan fingerprint density at radius 2 is 2.19 bits per heavy atom. The maximum atomic E-state index is 8.36. The SMILES string of the molecule is Cc1ncsc1CN1CC[C@H]2[C@@H](C1)CN2Cc1coc(C(C)C)n1.O=CO. The van der Waals surface area contributed by atoms with Gasteiger partial charge in [0.2, 0.25) is 0 Å². The largest absolute Gasteiger partial charge is 0.483 e. The van der Waals surface area contributed by atoms with E-state index < -0.39 is 0 Å². The molecule has 1 N–H and O–H groups in total. The van der Waals surface area contributed by atoms with Crippen molar-refractivity contribution in [2.24, 2.45) is 5.92 Å². The average molecular weight is 393 g/mol. The second kappa shape index (κ2) is 8.95. The number of hydrogen-bond donors (Lipinski definition) is 1. The maximum Gasteiger partial charge on any atom is 0.290 e. The van der Waals surface area contributed by atoms with Crippen molar-refractivity contribution in [3.05, 3.63) is 33.9 Å². The van der Waals surface area contributed by atoms with Crippen LogP contribution >= 0.6 is 11.3 Å². The summed E-state index contributed by atoms with van der Waals surface area (Å²) in [6.07, 6.45) is 3.10. The maximum absolute atomic E-state index is 8.36. The van der Waals surface area contributed by atoms with E-state index in [1.165, 1.54) is 36.6 Å². The lowest BCUT2D eigenvalue weighted by Crippen LogP contribution is -2.62. The number of carbonyl (C=O) groups is 1. The molecule has 148 valence electrons. The van der Waals surface area contributed by atoms with E-state index in [1.54, 1.807) is 11.3 Å². The summed E-state index contributed by atoms with van der Waals surface area (Å²) in [4.78, 5) is 24.0. The Balaban J connectivity index is 0.000000659. The van der Waals surface area contributed by atoms with Gasteiger partial charge in [0.15, 0.2) is 5.89 Å². The van der Waals surface area contributed by atoms with Crippen LogP contribution in [-0.2, 0) is 17.9 Å². The van der Waals surface area contributed by atoms with Crippen LogP contribution in [0.25, 0.3) is 0 Å². The Kier molecular flexibility index (Phi) is 6.62. The minimum atomic E-state index is -0.250. The third kappa shape index (κ3) is 4.75. The monoisotopic (exact) mass is 392 g/mol. The topological polar surface area (TPSA) is 82.7 Å². The van der Waals surface area contributed by atoms with Gasteiger partial charge in [-0.2, -0.15) is 0 Å². The highest BCUT2D eigenvalue weighted by atomic mass is 32.1. The molecule has 27 heavy (non-hydrogen) atoms. The van der Waals surface area contributed by atoms with Gasteiger partial charge in [0, 0.05) is 49.6 Å². The molecule has 0 saturated carbocycles. The molecule has 2 fully saturated rings. The fourth-order valence-corrected chi connectivity index (χ4v) is 4.75. The highest BCUT2D eigenvalue weighted by molar-refractivity contribution is 7.09. The summed E-state index contributed by atoms with van der Waals surface area (Å²) >= 11 is 1.79. The Hall–Kier alpha value is -1.77. The molecule has 0 amide bonds. The molecule has 7 nitrogen and oxygen atoms in total. The van der Waals surface area contributed by atoms with Gasteiger partial charge in [-0.3, -0.25) is 14.6 Å². The van der Waals surface area contributed by atoms with Crippen molar-refractivity contribution in [1.29, 1.82) is 0 Å². The van der Waals surface area contributed by atoms with Crippen LogP contribution in [0.15, 0.2) is 16.2 Å². The van der Waals surface area contributed by atoms with Gasteiger partial charge in [-0.25, -0.2) is 9.97 Å². The van der Waals surface area contributed by atoms with Crippen LogP contribution in [0.2, 0.25) is 0 Å².